The third-order valence-corrected chi connectivity index (χ3v) is 3.73. The summed E-state index contributed by atoms with van der Waals surface area (Å²) in [5.74, 6) is 0.527. The molecule has 3 nitrogen and oxygen atoms in total. The van der Waals surface area contributed by atoms with E-state index in [1.54, 1.807) is 4.90 Å². The van der Waals surface area contributed by atoms with Crippen LogP contribution in [0, 0.1) is 6.92 Å². The fraction of sp³-hybridized carbons (Fsp3) is 0.562. The van der Waals surface area contributed by atoms with Crippen molar-refractivity contribution in [3.63, 3.8) is 0 Å². The molecule has 0 radical (unpaired) electrons. The number of aryl methyl sites for hydroxylation is 1. The lowest BCUT2D eigenvalue weighted by atomic mass is 9.98. The molecule has 0 bridgehead atoms. The highest BCUT2D eigenvalue weighted by molar-refractivity contribution is 5.99. The summed E-state index contributed by atoms with van der Waals surface area (Å²) in [5, 5.41) is 3.06. The van der Waals surface area contributed by atoms with Gasteiger partial charge in [0.15, 0.2) is 0 Å². The third-order valence-electron chi connectivity index (χ3n) is 3.73. The minimum atomic E-state index is -0.560. The number of amides is 1. The van der Waals surface area contributed by atoms with Crippen LogP contribution in [0.3, 0.4) is 0 Å². The fourth-order valence-corrected chi connectivity index (χ4v) is 1.98. The molecular formula is C16H26N2O. The Morgan fingerprint density at radius 3 is 2.37 bits per heavy atom. The number of carbonyl (C=O) groups is 1. The molecule has 1 N–H and O–H groups in total. The van der Waals surface area contributed by atoms with Crippen molar-refractivity contribution in [1.29, 1.82) is 0 Å². The Morgan fingerprint density at radius 1 is 1.32 bits per heavy atom. The van der Waals surface area contributed by atoms with Gasteiger partial charge in [0.1, 0.15) is 0 Å². The van der Waals surface area contributed by atoms with Crippen molar-refractivity contribution in [3.05, 3.63) is 29.3 Å². The molecule has 0 heterocycles. The van der Waals surface area contributed by atoms with Gasteiger partial charge < -0.3 is 10.2 Å². The highest BCUT2D eigenvalue weighted by atomic mass is 16.2. The van der Waals surface area contributed by atoms with Crippen LogP contribution in [-0.2, 0) is 4.79 Å². The number of hydrogen-bond acceptors (Lipinski definition) is 2. The molecular weight excluding hydrogens is 236 g/mol. The summed E-state index contributed by atoms with van der Waals surface area (Å²) in [7, 11) is 3.65. The molecule has 0 unspecified atom stereocenters. The quantitative estimate of drug-likeness (QED) is 0.904. The Bertz CT molecular complexity index is 464. The van der Waals surface area contributed by atoms with Gasteiger partial charge >= 0.3 is 0 Å². The maximum Gasteiger partial charge on any atom is 0.246 e. The van der Waals surface area contributed by atoms with Crippen molar-refractivity contribution in [2.24, 2.45) is 0 Å². The van der Waals surface area contributed by atoms with E-state index in [4.69, 9.17) is 0 Å². The molecule has 1 amide bonds. The Morgan fingerprint density at radius 2 is 1.89 bits per heavy atom. The van der Waals surface area contributed by atoms with Crippen LogP contribution in [0.1, 0.15) is 44.7 Å². The first kappa shape index (κ1) is 15.7. The maximum atomic E-state index is 12.5. The molecule has 1 aromatic rings. The minimum absolute atomic E-state index is 0.0685. The van der Waals surface area contributed by atoms with Gasteiger partial charge in [0.05, 0.1) is 5.54 Å². The second kappa shape index (κ2) is 5.74. The van der Waals surface area contributed by atoms with E-state index in [-0.39, 0.29) is 5.91 Å². The van der Waals surface area contributed by atoms with Crippen molar-refractivity contribution in [3.8, 4) is 0 Å². The Balaban J connectivity index is 3.15. The zero-order valence-electron chi connectivity index (χ0n) is 13.2. The second-order valence-corrected chi connectivity index (χ2v) is 5.94. The van der Waals surface area contributed by atoms with Gasteiger partial charge in [-0.25, -0.2) is 0 Å². The van der Waals surface area contributed by atoms with Crippen LogP contribution >= 0.6 is 0 Å². The first-order valence-electron chi connectivity index (χ1n) is 6.78. The Hall–Kier alpha value is -1.35. The lowest BCUT2D eigenvalue weighted by molar-refractivity contribution is -0.123. The Kier molecular flexibility index (Phi) is 4.75. The average Bonchev–Trinajstić information content (AvgIpc) is 2.37. The van der Waals surface area contributed by atoms with Gasteiger partial charge in [-0.1, -0.05) is 26.0 Å². The summed E-state index contributed by atoms with van der Waals surface area (Å²) in [4.78, 5) is 14.2. The zero-order chi connectivity index (χ0) is 14.8. The van der Waals surface area contributed by atoms with Gasteiger partial charge in [-0.05, 0) is 50.9 Å². The molecule has 0 atom stereocenters. The van der Waals surface area contributed by atoms with Gasteiger partial charge in [0.25, 0.3) is 0 Å². The topological polar surface area (TPSA) is 32.3 Å². The highest BCUT2D eigenvalue weighted by Crippen LogP contribution is 2.26. The number of rotatable bonds is 4. The van der Waals surface area contributed by atoms with E-state index in [2.05, 4.69) is 37.4 Å². The summed E-state index contributed by atoms with van der Waals surface area (Å²) in [6.07, 6.45) is 0. The molecule has 0 fully saturated rings. The predicted octanol–water partition coefficient (Wildman–Crippen LogP) is 3.08. The SMILES string of the molecule is CNC(C)(C)C(=O)N(C)c1cc(C(C)C)ccc1C. The predicted molar refractivity (Wildman–Crippen MR) is 81.8 cm³/mol. The lowest BCUT2D eigenvalue weighted by Gasteiger charge is -2.30. The lowest BCUT2D eigenvalue weighted by Crippen LogP contribution is -2.52. The normalized spacial score (nSPS) is 11.8. The zero-order valence-corrected chi connectivity index (χ0v) is 13.2. The first-order chi connectivity index (χ1) is 8.70. The first-order valence-corrected chi connectivity index (χ1v) is 6.78. The van der Waals surface area contributed by atoms with Crippen molar-refractivity contribution in [2.45, 2.75) is 46.1 Å². The van der Waals surface area contributed by atoms with Crippen LogP contribution in [-0.4, -0.2) is 25.5 Å². The van der Waals surface area contributed by atoms with E-state index in [0.717, 1.165) is 11.3 Å². The summed E-state index contributed by atoms with van der Waals surface area (Å²) in [5.41, 5.74) is 2.80. The number of carbonyl (C=O) groups excluding carboxylic acids is 1. The van der Waals surface area contributed by atoms with Crippen LogP contribution in [0.5, 0.6) is 0 Å². The Labute approximate surface area is 117 Å². The van der Waals surface area contributed by atoms with Crippen LogP contribution in [0.15, 0.2) is 18.2 Å². The summed E-state index contributed by atoms with van der Waals surface area (Å²) in [6, 6.07) is 6.33. The second-order valence-electron chi connectivity index (χ2n) is 5.94. The molecule has 0 spiro atoms. The largest absolute Gasteiger partial charge is 0.314 e. The van der Waals surface area contributed by atoms with Crippen LogP contribution < -0.4 is 10.2 Å². The highest BCUT2D eigenvalue weighted by Gasteiger charge is 2.29. The molecule has 0 saturated heterocycles. The van der Waals surface area contributed by atoms with Crippen molar-refractivity contribution in [2.75, 3.05) is 19.0 Å². The van der Waals surface area contributed by atoms with E-state index < -0.39 is 5.54 Å². The number of hydrogen-bond donors (Lipinski definition) is 1. The van der Waals surface area contributed by atoms with E-state index in [1.165, 1.54) is 5.56 Å². The van der Waals surface area contributed by atoms with Gasteiger partial charge in [-0.2, -0.15) is 0 Å². The number of likely N-dealkylation sites (N-methyl/N-ethyl adjacent to an activating group) is 2. The summed E-state index contributed by atoms with van der Waals surface area (Å²) in [6.45, 7) is 10.2. The van der Waals surface area contributed by atoms with Gasteiger partial charge in [-0.15, -0.1) is 0 Å². The maximum absolute atomic E-state index is 12.5. The van der Waals surface area contributed by atoms with Gasteiger partial charge in [-0.3, -0.25) is 4.79 Å². The van der Waals surface area contributed by atoms with Gasteiger partial charge in [0.2, 0.25) is 5.91 Å². The summed E-state index contributed by atoms with van der Waals surface area (Å²) < 4.78 is 0. The minimum Gasteiger partial charge on any atom is -0.314 e. The monoisotopic (exact) mass is 262 g/mol. The van der Waals surface area contributed by atoms with Crippen LogP contribution in [0.2, 0.25) is 0 Å². The van der Waals surface area contributed by atoms with Crippen molar-refractivity contribution in [1.82, 2.24) is 5.32 Å². The number of benzene rings is 1. The standard InChI is InChI=1S/C16H26N2O/c1-11(2)13-9-8-12(3)14(10-13)18(7)15(19)16(4,5)17-6/h8-11,17H,1-7H3. The van der Waals surface area contributed by atoms with Crippen LogP contribution in [0.4, 0.5) is 5.69 Å². The number of nitrogens with one attached hydrogen (secondary N) is 1. The molecule has 0 aliphatic heterocycles. The number of nitrogens with zero attached hydrogens (tertiary/aromatic N) is 1. The van der Waals surface area contributed by atoms with Crippen LogP contribution in [0.25, 0.3) is 0 Å². The molecule has 0 aromatic heterocycles. The van der Waals surface area contributed by atoms with E-state index >= 15 is 0 Å². The molecule has 1 rings (SSSR count). The van der Waals surface area contributed by atoms with Gasteiger partial charge in [0, 0.05) is 12.7 Å². The van der Waals surface area contributed by atoms with Crippen molar-refractivity contribution >= 4 is 11.6 Å². The fourth-order valence-electron chi connectivity index (χ4n) is 1.98. The van der Waals surface area contributed by atoms with E-state index in [9.17, 15) is 4.79 Å². The molecule has 0 aliphatic rings. The molecule has 0 saturated carbocycles. The van der Waals surface area contributed by atoms with E-state index in [1.807, 2.05) is 34.9 Å². The molecule has 19 heavy (non-hydrogen) atoms. The molecule has 0 aliphatic carbocycles. The third kappa shape index (κ3) is 3.35. The molecule has 106 valence electrons. The van der Waals surface area contributed by atoms with E-state index in [0.29, 0.717) is 5.92 Å². The molecule has 1 aromatic carbocycles. The average molecular weight is 262 g/mol. The molecule has 3 heteroatoms. The smallest absolute Gasteiger partial charge is 0.246 e. The van der Waals surface area contributed by atoms with Crippen molar-refractivity contribution < 1.29 is 4.79 Å². The summed E-state index contributed by atoms with van der Waals surface area (Å²) >= 11 is 0. The number of anilines is 1.